The molecule has 2 heterocycles. The van der Waals surface area contributed by atoms with Crippen LogP contribution >= 0.6 is 11.6 Å². The molecular weight excluding hydrogens is 308 g/mol. The van der Waals surface area contributed by atoms with E-state index >= 15 is 0 Å². The van der Waals surface area contributed by atoms with Crippen molar-refractivity contribution in [1.29, 1.82) is 0 Å². The molecule has 2 atom stereocenters. The van der Waals surface area contributed by atoms with Crippen molar-refractivity contribution >= 4 is 29.1 Å². The highest BCUT2D eigenvalue weighted by atomic mass is 35.5. The summed E-state index contributed by atoms with van der Waals surface area (Å²) in [7, 11) is 1.28. The first-order chi connectivity index (χ1) is 10.5. The van der Waals surface area contributed by atoms with Crippen LogP contribution in [0.25, 0.3) is 0 Å². The lowest BCUT2D eigenvalue weighted by Crippen LogP contribution is -2.48. The van der Waals surface area contributed by atoms with Gasteiger partial charge in [-0.25, -0.2) is 9.78 Å². The summed E-state index contributed by atoms with van der Waals surface area (Å²) in [5, 5.41) is -0.0216. The molecule has 1 aromatic rings. The molecule has 0 aromatic carbocycles. The summed E-state index contributed by atoms with van der Waals surface area (Å²) in [5.41, 5.74) is 6.27. The molecule has 1 aliphatic carbocycles. The molecule has 120 valence electrons. The maximum atomic E-state index is 11.8. The molecule has 8 heteroatoms. The van der Waals surface area contributed by atoms with Gasteiger partial charge in [-0.2, -0.15) is 4.98 Å². The van der Waals surface area contributed by atoms with Gasteiger partial charge in [-0.3, -0.25) is 0 Å². The molecular formula is C14H19ClN4O3. The number of hydrogen-bond donors (Lipinski definition) is 1. The highest BCUT2D eigenvalue weighted by molar-refractivity contribution is 6.28. The number of hydrogen-bond acceptors (Lipinski definition) is 7. The summed E-state index contributed by atoms with van der Waals surface area (Å²) in [6.45, 7) is 3.34. The van der Waals surface area contributed by atoms with Crippen molar-refractivity contribution < 1.29 is 14.3 Å². The lowest BCUT2D eigenvalue weighted by atomic mass is 10.1. The van der Waals surface area contributed by atoms with Gasteiger partial charge in [-0.15, -0.1) is 0 Å². The molecule has 0 amide bonds. The van der Waals surface area contributed by atoms with Crippen LogP contribution < -0.4 is 10.6 Å². The first kappa shape index (κ1) is 15.3. The number of aromatic nitrogens is 2. The fourth-order valence-corrected chi connectivity index (χ4v) is 2.98. The number of carbonyl (C=O) groups excluding carboxylic acids is 1. The van der Waals surface area contributed by atoms with E-state index in [0.29, 0.717) is 24.8 Å². The predicted octanol–water partition coefficient (Wildman–Crippen LogP) is 1.50. The fourth-order valence-electron chi connectivity index (χ4n) is 2.81. The van der Waals surface area contributed by atoms with E-state index in [9.17, 15) is 4.79 Å². The van der Waals surface area contributed by atoms with Gasteiger partial charge in [-0.05, 0) is 37.3 Å². The monoisotopic (exact) mass is 326 g/mol. The third-order valence-electron chi connectivity index (χ3n) is 4.01. The molecule has 2 fully saturated rings. The second-order valence-electron chi connectivity index (χ2n) is 5.80. The minimum Gasteiger partial charge on any atom is -0.464 e. The molecule has 0 spiro atoms. The molecule has 0 unspecified atom stereocenters. The van der Waals surface area contributed by atoms with Gasteiger partial charge in [-0.1, -0.05) is 0 Å². The number of nitrogens with zero attached hydrogens (tertiary/aromatic N) is 3. The summed E-state index contributed by atoms with van der Waals surface area (Å²) >= 11 is 5.95. The van der Waals surface area contributed by atoms with E-state index < -0.39 is 5.97 Å². The number of anilines is 2. The van der Waals surface area contributed by atoms with Crippen LogP contribution in [0.3, 0.4) is 0 Å². The van der Waals surface area contributed by atoms with Gasteiger partial charge in [0.25, 0.3) is 0 Å². The third kappa shape index (κ3) is 2.96. The molecule has 2 N–H and O–H groups in total. The Bertz CT molecular complexity index is 594. The van der Waals surface area contributed by atoms with Crippen LogP contribution in [0.15, 0.2) is 0 Å². The van der Waals surface area contributed by atoms with Gasteiger partial charge >= 0.3 is 5.97 Å². The number of halogens is 1. The average Bonchev–Trinajstić information content (AvgIpc) is 3.32. The quantitative estimate of drug-likeness (QED) is 0.665. The predicted molar refractivity (Wildman–Crippen MR) is 82.1 cm³/mol. The number of esters is 1. The number of ether oxygens (including phenoxy) is 2. The second-order valence-corrected chi connectivity index (χ2v) is 6.14. The van der Waals surface area contributed by atoms with Gasteiger partial charge in [0, 0.05) is 13.1 Å². The lowest BCUT2D eigenvalue weighted by Gasteiger charge is -2.38. The molecule has 0 bridgehead atoms. The van der Waals surface area contributed by atoms with Gasteiger partial charge in [0.05, 0.1) is 19.3 Å². The summed E-state index contributed by atoms with van der Waals surface area (Å²) < 4.78 is 10.7. The number of morpholine rings is 1. The van der Waals surface area contributed by atoms with Crippen molar-refractivity contribution in [3.05, 3.63) is 11.0 Å². The van der Waals surface area contributed by atoms with Crippen LogP contribution in [0.2, 0.25) is 5.28 Å². The molecule has 1 aromatic heterocycles. The first-order valence-electron chi connectivity index (χ1n) is 7.31. The smallest absolute Gasteiger partial charge is 0.359 e. The van der Waals surface area contributed by atoms with Crippen molar-refractivity contribution in [1.82, 2.24) is 9.97 Å². The molecule has 3 rings (SSSR count). The Morgan fingerprint density at radius 3 is 2.77 bits per heavy atom. The fraction of sp³-hybridized carbons (Fsp3) is 0.643. The standard InChI is InChI=1S/C14H19ClN4O3/c1-7-5-19(6-9(22-7)8-3-4-8)12-10(16)11(13(20)21-2)17-14(15)18-12/h7-9H,3-6,16H2,1-2H3/t7-,9+/m1/s1. The number of carbonyl (C=O) groups is 1. The van der Waals surface area contributed by atoms with Gasteiger partial charge in [0.2, 0.25) is 5.28 Å². The zero-order chi connectivity index (χ0) is 15.9. The van der Waals surface area contributed by atoms with E-state index in [1.54, 1.807) is 0 Å². The van der Waals surface area contributed by atoms with Gasteiger partial charge < -0.3 is 20.1 Å². The minimum atomic E-state index is -0.622. The number of rotatable bonds is 3. The van der Waals surface area contributed by atoms with E-state index in [2.05, 4.69) is 9.97 Å². The SMILES string of the molecule is COC(=O)c1nc(Cl)nc(N2C[C@@H](C)O[C@H](C3CC3)C2)c1N. The Hall–Kier alpha value is -1.60. The molecule has 0 radical (unpaired) electrons. The molecule has 2 aliphatic rings. The Balaban J connectivity index is 1.92. The van der Waals surface area contributed by atoms with Gasteiger partial charge in [0.15, 0.2) is 11.5 Å². The van der Waals surface area contributed by atoms with Crippen LogP contribution in [0.1, 0.15) is 30.3 Å². The Labute approximate surface area is 133 Å². The number of nitrogen functional groups attached to an aromatic ring is 1. The van der Waals surface area contributed by atoms with Crippen molar-refractivity contribution in [2.45, 2.75) is 32.0 Å². The Morgan fingerprint density at radius 1 is 1.41 bits per heavy atom. The molecule has 1 saturated heterocycles. The topological polar surface area (TPSA) is 90.6 Å². The highest BCUT2D eigenvalue weighted by Crippen LogP contribution is 2.38. The number of methoxy groups -OCH3 is 1. The summed E-state index contributed by atoms with van der Waals surface area (Å²) in [5.74, 6) is 0.452. The third-order valence-corrected chi connectivity index (χ3v) is 4.18. The summed E-state index contributed by atoms with van der Waals surface area (Å²) in [6, 6.07) is 0. The highest BCUT2D eigenvalue weighted by Gasteiger charge is 2.38. The van der Waals surface area contributed by atoms with E-state index in [1.165, 1.54) is 20.0 Å². The van der Waals surface area contributed by atoms with Crippen LogP contribution in [0.5, 0.6) is 0 Å². The van der Waals surface area contributed by atoms with E-state index in [1.807, 2.05) is 11.8 Å². The van der Waals surface area contributed by atoms with Crippen molar-refractivity contribution in [3.63, 3.8) is 0 Å². The lowest BCUT2D eigenvalue weighted by molar-refractivity contribution is -0.0273. The number of nitrogens with two attached hydrogens (primary N) is 1. The minimum absolute atomic E-state index is 0.000355. The maximum absolute atomic E-state index is 11.8. The summed E-state index contributed by atoms with van der Waals surface area (Å²) in [6.07, 6.45) is 2.62. The average molecular weight is 327 g/mol. The van der Waals surface area contributed by atoms with Crippen LogP contribution in [0, 0.1) is 5.92 Å². The maximum Gasteiger partial charge on any atom is 0.359 e. The molecule has 1 saturated carbocycles. The van der Waals surface area contributed by atoms with Crippen LogP contribution in [0.4, 0.5) is 11.5 Å². The van der Waals surface area contributed by atoms with Crippen molar-refractivity contribution in [2.24, 2.45) is 5.92 Å². The molecule has 7 nitrogen and oxygen atoms in total. The molecule has 1 aliphatic heterocycles. The zero-order valence-corrected chi connectivity index (χ0v) is 13.3. The summed E-state index contributed by atoms with van der Waals surface area (Å²) in [4.78, 5) is 21.9. The molecule has 22 heavy (non-hydrogen) atoms. The van der Waals surface area contributed by atoms with E-state index in [-0.39, 0.29) is 28.9 Å². The van der Waals surface area contributed by atoms with Gasteiger partial charge in [0.1, 0.15) is 5.69 Å². The Morgan fingerprint density at radius 2 is 2.14 bits per heavy atom. The van der Waals surface area contributed by atoms with Crippen molar-refractivity contribution in [3.8, 4) is 0 Å². The zero-order valence-electron chi connectivity index (χ0n) is 12.6. The van der Waals surface area contributed by atoms with E-state index in [4.69, 9.17) is 26.8 Å². The van der Waals surface area contributed by atoms with Crippen LogP contribution in [-0.4, -0.2) is 48.3 Å². The van der Waals surface area contributed by atoms with E-state index in [0.717, 1.165) is 0 Å². The largest absolute Gasteiger partial charge is 0.464 e. The Kier molecular flexibility index (Phi) is 4.10. The normalized spacial score (nSPS) is 25.1. The van der Waals surface area contributed by atoms with Crippen LogP contribution in [-0.2, 0) is 9.47 Å². The first-order valence-corrected chi connectivity index (χ1v) is 7.69. The van der Waals surface area contributed by atoms with Crippen molar-refractivity contribution in [2.75, 3.05) is 30.8 Å². The second kappa shape index (κ2) is 5.89.